The lowest BCUT2D eigenvalue weighted by Crippen LogP contribution is -2.37. The molecule has 3 atom stereocenters. The van der Waals surface area contributed by atoms with Crippen molar-refractivity contribution >= 4 is 0 Å². The average Bonchev–Trinajstić information content (AvgIpc) is 2.62. The molecule has 0 heterocycles. The van der Waals surface area contributed by atoms with Crippen molar-refractivity contribution in [2.45, 2.75) is 39.7 Å². The molecule has 0 amide bonds. The Morgan fingerprint density at radius 1 is 1.43 bits per heavy atom. The predicted molar refractivity (Wildman–Crippen MR) is 62.2 cm³/mol. The first-order valence-electron chi connectivity index (χ1n) is 5.93. The molecule has 0 spiro atoms. The van der Waals surface area contributed by atoms with Gasteiger partial charge in [-0.25, -0.2) is 0 Å². The largest absolute Gasteiger partial charge is 0.327 e. The smallest absolute Gasteiger partial charge is 0.0170 e. The fourth-order valence-corrected chi connectivity index (χ4v) is 2.21. The van der Waals surface area contributed by atoms with Crippen molar-refractivity contribution in [2.24, 2.45) is 23.5 Å². The van der Waals surface area contributed by atoms with Crippen molar-refractivity contribution in [1.82, 2.24) is 4.90 Å². The summed E-state index contributed by atoms with van der Waals surface area (Å²) >= 11 is 0. The van der Waals surface area contributed by atoms with Crippen LogP contribution in [-0.4, -0.2) is 31.1 Å². The summed E-state index contributed by atoms with van der Waals surface area (Å²) in [4.78, 5) is 2.40. The molecule has 0 bridgehead atoms. The van der Waals surface area contributed by atoms with Crippen LogP contribution in [0.5, 0.6) is 0 Å². The van der Waals surface area contributed by atoms with Crippen LogP contribution in [0.2, 0.25) is 0 Å². The topological polar surface area (TPSA) is 29.3 Å². The Hall–Kier alpha value is -0.0800. The molecule has 1 aliphatic carbocycles. The number of nitrogens with zero attached hydrogens (tertiary/aromatic N) is 1. The van der Waals surface area contributed by atoms with Gasteiger partial charge < -0.3 is 10.6 Å². The molecule has 0 saturated heterocycles. The van der Waals surface area contributed by atoms with Gasteiger partial charge in [-0.2, -0.15) is 0 Å². The Morgan fingerprint density at radius 3 is 2.43 bits per heavy atom. The molecule has 0 radical (unpaired) electrons. The van der Waals surface area contributed by atoms with Gasteiger partial charge in [-0.15, -0.1) is 0 Å². The van der Waals surface area contributed by atoms with Crippen LogP contribution in [-0.2, 0) is 0 Å². The van der Waals surface area contributed by atoms with Crippen molar-refractivity contribution in [1.29, 1.82) is 0 Å². The summed E-state index contributed by atoms with van der Waals surface area (Å²) in [6, 6.07) is 0.356. The Morgan fingerprint density at radius 2 is 2.00 bits per heavy atom. The summed E-state index contributed by atoms with van der Waals surface area (Å²) in [5.41, 5.74) is 6.06. The van der Waals surface area contributed by atoms with E-state index < -0.39 is 0 Å². The third-order valence-electron chi connectivity index (χ3n) is 3.14. The molecule has 0 aromatic rings. The minimum atomic E-state index is 0.356. The van der Waals surface area contributed by atoms with Gasteiger partial charge in [0.25, 0.3) is 0 Å². The molecule has 2 heteroatoms. The summed E-state index contributed by atoms with van der Waals surface area (Å²) in [6.45, 7) is 9.12. The van der Waals surface area contributed by atoms with E-state index in [1.807, 2.05) is 0 Å². The molecule has 1 rings (SSSR count). The standard InChI is InChI=1S/C12H26N2/c1-9(2)5-12(13)8-14(4)7-11-6-10(11)3/h9-12H,5-8,13H2,1-4H3. The fourth-order valence-electron chi connectivity index (χ4n) is 2.21. The number of hydrogen-bond acceptors (Lipinski definition) is 2. The molecule has 2 N–H and O–H groups in total. The van der Waals surface area contributed by atoms with Crippen LogP contribution in [0.4, 0.5) is 0 Å². The lowest BCUT2D eigenvalue weighted by Gasteiger charge is -2.22. The van der Waals surface area contributed by atoms with Crippen LogP contribution >= 0.6 is 0 Å². The van der Waals surface area contributed by atoms with Gasteiger partial charge >= 0.3 is 0 Å². The first-order valence-corrected chi connectivity index (χ1v) is 5.93. The Balaban J connectivity index is 2.09. The molecule has 14 heavy (non-hydrogen) atoms. The number of hydrogen-bond donors (Lipinski definition) is 1. The maximum atomic E-state index is 6.06. The van der Waals surface area contributed by atoms with E-state index in [9.17, 15) is 0 Å². The molecule has 1 fully saturated rings. The minimum Gasteiger partial charge on any atom is -0.327 e. The van der Waals surface area contributed by atoms with Gasteiger partial charge in [0.2, 0.25) is 0 Å². The minimum absolute atomic E-state index is 0.356. The highest BCUT2D eigenvalue weighted by Crippen LogP contribution is 2.37. The second kappa shape index (κ2) is 5.13. The van der Waals surface area contributed by atoms with Crippen molar-refractivity contribution < 1.29 is 0 Å². The molecule has 0 aliphatic heterocycles. The van der Waals surface area contributed by atoms with Crippen molar-refractivity contribution in [3.8, 4) is 0 Å². The molecule has 84 valence electrons. The van der Waals surface area contributed by atoms with E-state index in [4.69, 9.17) is 5.73 Å². The van der Waals surface area contributed by atoms with Crippen LogP contribution in [0.1, 0.15) is 33.6 Å². The third-order valence-corrected chi connectivity index (χ3v) is 3.14. The van der Waals surface area contributed by atoms with Crippen LogP contribution in [0.15, 0.2) is 0 Å². The Kier molecular flexibility index (Phi) is 4.39. The zero-order chi connectivity index (χ0) is 10.7. The Labute approximate surface area is 88.8 Å². The van der Waals surface area contributed by atoms with Gasteiger partial charge in [-0.3, -0.25) is 0 Å². The van der Waals surface area contributed by atoms with E-state index in [0.717, 1.165) is 30.7 Å². The van der Waals surface area contributed by atoms with Gasteiger partial charge in [0.1, 0.15) is 0 Å². The van der Waals surface area contributed by atoms with Gasteiger partial charge in [0, 0.05) is 19.1 Å². The van der Waals surface area contributed by atoms with E-state index in [1.165, 1.54) is 13.0 Å². The van der Waals surface area contributed by atoms with Gasteiger partial charge in [-0.05, 0) is 37.6 Å². The first kappa shape index (κ1) is 12.0. The van der Waals surface area contributed by atoms with E-state index in [0.29, 0.717) is 6.04 Å². The summed E-state index contributed by atoms with van der Waals surface area (Å²) in [5.74, 6) is 2.63. The van der Waals surface area contributed by atoms with Crippen LogP contribution in [0, 0.1) is 17.8 Å². The van der Waals surface area contributed by atoms with Crippen molar-refractivity contribution in [3.05, 3.63) is 0 Å². The van der Waals surface area contributed by atoms with Gasteiger partial charge in [0.05, 0.1) is 0 Å². The van der Waals surface area contributed by atoms with E-state index in [2.05, 4.69) is 32.7 Å². The lowest BCUT2D eigenvalue weighted by atomic mass is 10.0. The van der Waals surface area contributed by atoms with Crippen molar-refractivity contribution in [3.63, 3.8) is 0 Å². The summed E-state index contributed by atoms with van der Waals surface area (Å²) in [7, 11) is 2.20. The van der Waals surface area contributed by atoms with Gasteiger partial charge in [-0.1, -0.05) is 20.8 Å². The zero-order valence-corrected chi connectivity index (χ0v) is 10.2. The summed E-state index contributed by atoms with van der Waals surface area (Å²) in [5, 5.41) is 0. The first-order chi connectivity index (χ1) is 6.49. The summed E-state index contributed by atoms with van der Waals surface area (Å²) in [6.07, 6.45) is 2.56. The second-order valence-corrected chi connectivity index (χ2v) is 5.58. The SMILES string of the molecule is CC(C)CC(N)CN(C)CC1CC1C. The third kappa shape index (κ3) is 4.43. The predicted octanol–water partition coefficient (Wildman–Crippen LogP) is 1.95. The molecule has 3 unspecified atom stereocenters. The van der Waals surface area contributed by atoms with E-state index in [-0.39, 0.29) is 0 Å². The van der Waals surface area contributed by atoms with Crippen LogP contribution in [0.25, 0.3) is 0 Å². The maximum absolute atomic E-state index is 6.06. The van der Waals surface area contributed by atoms with Crippen LogP contribution < -0.4 is 5.73 Å². The highest BCUT2D eigenvalue weighted by molar-refractivity contribution is 4.85. The number of nitrogens with two attached hydrogens (primary N) is 1. The highest BCUT2D eigenvalue weighted by atomic mass is 15.1. The lowest BCUT2D eigenvalue weighted by molar-refractivity contribution is 0.280. The monoisotopic (exact) mass is 198 g/mol. The number of likely N-dealkylation sites (N-methyl/N-ethyl adjacent to an activating group) is 1. The molecule has 0 aromatic heterocycles. The molecule has 2 nitrogen and oxygen atoms in total. The Bertz CT molecular complexity index is 168. The molecule has 1 saturated carbocycles. The average molecular weight is 198 g/mol. The second-order valence-electron chi connectivity index (χ2n) is 5.58. The van der Waals surface area contributed by atoms with Gasteiger partial charge in [0.15, 0.2) is 0 Å². The molecular weight excluding hydrogens is 172 g/mol. The molecule has 1 aliphatic rings. The van der Waals surface area contributed by atoms with Crippen LogP contribution in [0.3, 0.4) is 0 Å². The molecular formula is C12H26N2. The summed E-state index contributed by atoms with van der Waals surface area (Å²) < 4.78 is 0. The molecule has 0 aromatic carbocycles. The zero-order valence-electron chi connectivity index (χ0n) is 10.2. The highest BCUT2D eigenvalue weighted by Gasteiger charge is 2.33. The number of rotatable bonds is 6. The van der Waals surface area contributed by atoms with E-state index in [1.54, 1.807) is 0 Å². The normalized spacial score (nSPS) is 28.5. The van der Waals surface area contributed by atoms with Crippen molar-refractivity contribution in [2.75, 3.05) is 20.1 Å². The quantitative estimate of drug-likeness (QED) is 0.707. The van der Waals surface area contributed by atoms with E-state index >= 15 is 0 Å². The maximum Gasteiger partial charge on any atom is 0.0170 e. The fraction of sp³-hybridized carbons (Fsp3) is 1.00.